The highest BCUT2D eigenvalue weighted by molar-refractivity contribution is 6.00. The summed E-state index contributed by atoms with van der Waals surface area (Å²) in [5.41, 5.74) is 0.703. The summed E-state index contributed by atoms with van der Waals surface area (Å²) < 4.78 is 5.11. The van der Waals surface area contributed by atoms with E-state index in [4.69, 9.17) is 9.84 Å². The van der Waals surface area contributed by atoms with Crippen LogP contribution in [-0.2, 0) is 14.4 Å². The number of nitrogens with zero attached hydrogens (tertiary/aromatic N) is 2. The summed E-state index contributed by atoms with van der Waals surface area (Å²) in [7, 11) is 1.57. The van der Waals surface area contributed by atoms with E-state index in [9.17, 15) is 14.4 Å². The summed E-state index contributed by atoms with van der Waals surface area (Å²) in [5.74, 6) is -1.30. The number of benzene rings is 1. The molecule has 1 aromatic rings. The summed E-state index contributed by atoms with van der Waals surface area (Å²) in [5, 5.41) is 9.07. The Labute approximate surface area is 147 Å². The van der Waals surface area contributed by atoms with Crippen LogP contribution in [0.4, 0.5) is 5.69 Å². The Kier molecular flexibility index (Phi) is 6.01. The van der Waals surface area contributed by atoms with E-state index in [1.165, 1.54) is 4.90 Å². The third-order valence-electron chi connectivity index (χ3n) is 4.57. The van der Waals surface area contributed by atoms with Gasteiger partial charge in [-0.1, -0.05) is 6.92 Å². The number of amides is 2. The highest BCUT2D eigenvalue weighted by Gasteiger charge is 2.38. The third-order valence-corrected chi connectivity index (χ3v) is 4.57. The lowest BCUT2D eigenvalue weighted by atomic mass is 10.1. The molecule has 0 radical (unpaired) electrons. The maximum absolute atomic E-state index is 12.8. The van der Waals surface area contributed by atoms with E-state index in [-0.39, 0.29) is 37.4 Å². The van der Waals surface area contributed by atoms with Crippen LogP contribution >= 0.6 is 0 Å². The minimum Gasteiger partial charge on any atom is -0.497 e. The lowest BCUT2D eigenvalue weighted by Crippen LogP contribution is -2.45. The summed E-state index contributed by atoms with van der Waals surface area (Å²) >= 11 is 0. The zero-order valence-corrected chi connectivity index (χ0v) is 14.8. The SMILES string of the molecule is CCC(C)N(CC(=O)O)C(=O)C1CC(=O)N(c2ccc(OC)cc2)C1. The van der Waals surface area contributed by atoms with Crippen LogP contribution in [0.1, 0.15) is 26.7 Å². The maximum Gasteiger partial charge on any atom is 0.323 e. The van der Waals surface area contributed by atoms with Gasteiger partial charge in [0.15, 0.2) is 0 Å². The van der Waals surface area contributed by atoms with Gasteiger partial charge >= 0.3 is 5.97 Å². The number of hydrogen-bond acceptors (Lipinski definition) is 4. The molecule has 1 aromatic carbocycles. The fraction of sp³-hybridized carbons (Fsp3) is 0.500. The topological polar surface area (TPSA) is 87.2 Å². The molecule has 136 valence electrons. The summed E-state index contributed by atoms with van der Waals surface area (Å²) in [6.07, 6.45) is 0.749. The molecule has 25 heavy (non-hydrogen) atoms. The van der Waals surface area contributed by atoms with Crippen LogP contribution in [0.25, 0.3) is 0 Å². The molecule has 1 saturated heterocycles. The van der Waals surface area contributed by atoms with Crippen molar-refractivity contribution in [3.8, 4) is 5.75 Å². The molecule has 0 bridgehead atoms. The molecule has 2 rings (SSSR count). The van der Waals surface area contributed by atoms with E-state index in [0.29, 0.717) is 17.9 Å². The van der Waals surface area contributed by atoms with Gasteiger partial charge in [-0.3, -0.25) is 14.4 Å². The van der Waals surface area contributed by atoms with E-state index in [1.807, 2.05) is 13.8 Å². The molecule has 7 nitrogen and oxygen atoms in total. The van der Waals surface area contributed by atoms with Crippen LogP contribution in [0.5, 0.6) is 5.75 Å². The van der Waals surface area contributed by atoms with E-state index in [1.54, 1.807) is 36.3 Å². The van der Waals surface area contributed by atoms with Crippen molar-refractivity contribution in [3.63, 3.8) is 0 Å². The summed E-state index contributed by atoms with van der Waals surface area (Å²) in [6.45, 7) is 3.63. The molecule has 1 heterocycles. The monoisotopic (exact) mass is 348 g/mol. The second-order valence-electron chi connectivity index (χ2n) is 6.22. The first kappa shape index (κ1) is 18.8. The molecule has 2 atom stereocenters. The lowest BCUT2D eigenvalue weighted by molar-refractivity contribution is -0.148. The van der Waals surface area contributed by atoms with Crippen molar-refractivity contribution in [2.75, 3.05) is 25.1 Å². The number of carboxylic acid groups (broad SMARTS) is 1. The quantitative estimate of drug-likeness (QED) is 0.811. The predicted octanol–water partition coefficient (Wildman–Crippen LogP) is 1.76. The second-order valence-corrected chi connectivity index (χ2v) is 6.22. The van der Waals surface area contributed by atoms with Crippen molar-refractivity contribution >= 4 is 23.5 Å². The Bertz CT molecular complexity index is 643. The zero-order valence-electron chi connectivity index (χ0n) is 14.8. The Morgan fingerprint density at radius 3 is 2.52 bits per heavy atom. The second kappa shape index (κ2) is 8.00. The molecular weight excluding hydrogens is 324 g/mol. The molecule has 2 amide bonds. The van der Waals surface area contributed by atoms with Crippen molar-refractivity contribution in [3.05, 3.63) is 24.3 Å². The Hall–Kier alpha value is -2.57. The number of methoxy groups -OCH3 is 1. The van der Waals surface area contributed by atoms with E-state index in [2.05, 4.69) is 0 Å². The van der Waals surface area contributed by atoms with Crippen LogP contribution in [0.15, 0.2) is 24.3 Å². The molecule has 1 aliphatic rings. The van der Waals surface area contributed by atoms with E-state index < -0.39 is 11.9 Å². The van der Waals surface area contributed by atoms with Crippen LogP contribution in [-0.4, -0.2) is 54.0 Å². The number of hydrogen-bond donors (Lipinski definition) is 1. The lowest BCUT2D eigenvalue weighted by Gasteiger charge is -2.29. The Morgan fingerprint density at radius 2 is 2.00 bits per heavy atom. The highest BCUT2D eigenvalue weighted by atomic mass is 16.5. The highest BCUT2D eigenvalue weighted by Crippen LogP contribution is 2.28. The number of carboxylic acids is 1. The summed E-state index contributed by atoms with van der Waals surface area (Å²) in [6, 6.07) is 6.87. The molecule has 1 fully saturated rings. The van der Waals surface area contributed by atoms with Gasteiger partial charge in [0.05, 0.1) is 13.0 Å². The Morgan fingerprint density at radius 1 is 1.36 bits per heavy atom. The molecule has 2 unspecified atom stereocenters. The van der Waals surface area contributed by atoms with E-state index >= 15 is 0 Å². The largest absolute Gasteiger partial charge is 0.497 e. The summed E-state index contributed by atoms with van der Waals surface area (Å²) in [4.78, 5) is 39.1. The first-order valence-corrected chi connectivity index (χ1v) is 8.34. The van der Waals surface area contributed by atoms with Gasteiger partial charge in [-0.05, 0) is 37.6 Å². The van der Waals surface area contributed by atoms with Crippen molar-refractivity contribution in [1.82, 2.24) is 4.90 Å². The van der Waals surface area contributed by atoms with Crippen molar-refractivity contribution in [1.29, 1.82) is 0 Å². The third kappa shape index (κ3) is 4.29. The normalized spacial score (nSPS) is 18.1. The first-order valence-electron chi connectivity index (χ1n) is 8.34. The molecule has 1 aliphatic heterocycles. The zero-order chi connectivity index (χ0) is 18.6. The number of aliphatic carboxylic acids is 1. The van der Waals surface area contributed by atoms with Gasteiger partial charge in [0.1, 0.15) is 12.3 Å². The van der Waals surface area contributed by atoms with Gasteiger partial charge in [0, 0.05) is 24.7 Å². The number of carbonyl (C=O) groups excluding carboxylic acids is 2. The van der Waals surface area contributed by atoms with Gasteiger partial charge in [-0.15, -0.1) is 0 Å². The maximum atomic E-state index is 12.8. The fourth-order valence-electron chi connectivity index (χ4n) is 2.94. The molecule has 0 aliphatic carbocycles. The van der Waals surface area contributed by atoms with E-state index in [0.717, 1.165) is 0 Å². The smallest absolute Gasteiger partial charge is 0.323 e. The van der Waals surface area contributed by atoms with Crippen molar-refractivity contribution in [2.45, 2.75) is 32.7 Å². The predicted molar refractivity (Wildman–Crippen MR) is 92.6 cm³/mol. The molecule has 0 aromatic heterocycles. The molecule has 1 N–H and O–H groups in total. The average molecular weight is 348 g/mol. The van der Waals surface area contributed by atoms with Crippen molar-refractivity contribution < 1.29 is 24.2 Å². The fourth-order valence-corrected chi connectivity index (χ4v) is 2.94. The van der Waals surface area contributed by atoms with Gasteiger partial charge in [0.25, 0.3) is 0 Å². The van der Waals surface area contributed by atoms with Crippen LogP contribution < -0.4 is 9.64 Å². The number of ether oxygens (including phenoxy) is 1. The van der Waals surface area contributed by atoms with Crippen molar-refractivity contribution in [2.24, 2.45) is 5.92 Å². The van der Waals surface area contributed by atoms with Crippen LogP contribution in [0.2, 0.25) is 0 Å². The van der Waals surface area contributed by atoms with Crippen LogP contribution in [0.3, 0.4) is 0 Å². The molecule has 0 saturated carbocycles. The first-order chi connectivity index (χ1) is 11.9. The molecule has 0 spiro atoms. The number of rotatable bonds is 7. The van der Waals surface area contributed by atoms with Gasteiger partial charge < -0.3 is 19.6 Å². The average Bonchev–Trinajstić information content (AvgIpc) is 3.00. The minimum atomic E-state index is -1.05. The Balaban J connectivity index is 2.13. The minimum absolute atomic E-state index is 0.0947. The standard InChI is InChI=1S/C18H24N2O5/c1-4-12(2)19(11-17(22)23)18(24)13-9-16(21)20(10-13)14-5-7-15(25-3)8-6-14/h5-8,12-13H,4,9-11H2,1-3H3,(H,22,23). The van der Waals surface area contributed by atoms with Gasteiger partial charge in [-0.25, -0.2) is 0 Å². The number of anilines is 1. The van der Waals surface area contributed by atoms with Crippen LogP contribution in [0, 0.1) is 5.92 Å². The molecule has 7 heteroatoms. The van der Waals surface area contributed by atoms with Gasteiger partial charge in [-0.2, -0.15) is 0 Å². The van der Waals surface area contributed by atoms with Gasteiger partial charge in [0.2, 0.25) is 11.8 Å². The number of carbonyl (C=O) groups is 3. The molecular formula is C18H24N2O5.